The Hall–Kier alpha value is -14.3. The van der Waals surface area contributed by atoms with E-state index in [0.717, 1.165) is 54.5 Å². The Labute approximate surface area is 689 Å². The van der Waals surface area contributed by atoms with Gasteiger partial charge < -0.3 is 91.4 Å². The van der Waals surface area contributed by atoms with Crippen LogP contribution in [0.2, 0.25) is 0 Å². The molecule has 12 aromatic rings. The minimum Gasteiger partial charge on any atom is -0.475 e. The Bertz CT molecular complexity index is 6000. The average molecular weight is 1630 g/mol. The molecule has 0 unspecified atom stereocenters. The molecule has 15 heterocycles. The lowest BCUT2D eigenvalue weighted by molar-refractivity contribution is 0.229. The molecule has 39 heteroatoms. The van der Waals surface area contributed by atoms with E-state index in [4.69, 9.17) is 82.0 Å². The lowest BCUT2D eigenvalue weighted by atomic mass is 10.2. The molecule has 12 aromatic heterocycles. The quantitative estimate of drug-likeness (QED) is 0.0185. The first-order valence-electron chi connectivity index (χ1n) is 38.6. The molecule has 3 aliphatic rings. The number of rotatable bonds is 32. The molecule has 0 atom stereocenters. The fourth-order valence-electron chi connectivity index (χ4n) is 12.1. The highest BCUT2D eigenvalue weighted by Crippen LogP contribution is 2.38. The minimum atomic E-state index is -0.0103. The molecule has 39 nitrogen and oxygen atoms in total. The molecule has 15 rings (SSSR count). The smallest absolute Gasteiger partial charge is 0.260 e. The molecule has 120 heavy (non-hydrogen) atoms. The Morgan fingerprint density at radius 3 is 0.858 bits per heavy atom. The van der Waals surface area contributed by atoms with Crippen LogP contribution < -0.4 is 61.6 Å². The molecule has 0 fully saturated rings. The number of hydrogen-bond acceptors (Lipinski definition) is 30. The van der Waals surface area contributed by atoms with Crippen molar-refractivity contribution in [1.29, 1.82) is 16.2 Å². The molecule has 0 saturated carbocycles. The second-order valence-corrected chi connectivity index (χ2v) is 28.5. The van der Waals surface area contributed by atoms with Crippen LogP contribution in [0.4, 0.5) is 34.1 Å². The zero-order chi connectivity index (χ0) is 84.3. The maximum Gasteiger partial charge on any atom is 0.260 e. The number of aliphatic hydroxyl groups is 2. The first-order valence-corrected chi connectivity index (χ1v) is 38.6. The van der Waals surface area contributed by atoms with E-state index in [1.807, 2.05) is 200 Å². The number of aliphatic hydroxyl groups excluding tert-OH is 2. The summed E-state index contributed by atoms with van der Waals surface area (Å²) in [4.78, 5) is 36.4. The molecule has 3 aliphatic heterocycles. The van der Waals surface area contributed by atoms with Gasteiger partial charge in [0.25, 0.3) is 35.3 Å². The number of hydrogen-bond donors (Lipinski definition) is 11. The van der Waals surface area contributed by atoms with E-state index in [9.17, 15) is 0 Å². The van der Waals surface area contributed by atoms with Crippen LogP contribution in [0.5, 0.6) is 35.3 Å². The van der Waals surface area contributed by atoms with Gasteiger partial charge in [0.05, 0.1) is 93.8 Å². The molecule has 0 spiro atoms. The van der Waals surface area contributed by atoms with E-state index in [2.05, 4.69) is 76.3 Å². The third-order valence-corrected chi connectivity index (χ3v) is 18.1. The monoisotopic (exact) mass is 1630 g/mol. The minimum absolute atomic E-state index is 0.00730. The zero-order valence-electron chi connectivity index (χ0n) is 67.8. The van der Waals surface area contributed by atoms with Crippen molar-refractivity contribution in [3.8, 4) is 35.3 Å². The molecule has 0 aliphatic carbocycles. The van der Waals surface area contributed by atoms with Crippen molar-refractivity contribution < 1.29 is 38.6 Å². The number of amidine groups is 6. The first-order chi connectivity index (χ1) is 58.2. The lowest BCUT2D eigenvalue weighted by Crippen LogP contribution is -2.29. The lowest BCUT2D eigenvalue weighted by Gasteiger charge is -2.16. The number of likely N-dealkylation sites (N-methyl/N-ethyl adjacent to an activating group) is 2. The summed E-state index contributed by atoms with van der Waals surface area (Å²) < 4.78 is 45.8. The van der Waals surface area contributed by atoms with Gasteiger partial charge >= 0.3 is 0 Å². The summed E-state index contributed by atoms with van der Waals surface area (Å²) in [6, 6.07) is 33.9. The van der Waals surface area contributed by atoms with Gasteiger partial charge in [-0.15, -0.1) is 30.6 Å². The molecule has 0 bridgehead atoms. The molecule has 0 radical (unpaired) electrons. The molecule has 14 N–H and O–H groups in total. The first kappa shape index (κ1) is 83.7. The maximum atomic E-state index is 9.13. The predicted octanol–water partition coefficient (Wildman–Crippen LogP) is 7.26. The SMILES string of the molecule is CN(C)CCCOc1nn2ccccc2c1N=C1N=C(Nc2c(OCCCN(C)C)nn3ccccc23)C(=N)C=C1N.CN(C)CCOc1nn2ccccc2c1N=C1N=C(Nc2c(OCCN(C)C)nn3ccccc23)C(=N)C=C1N.N=C1C=C(N)C(=Nc2c(OCCCO)nn3ccccc23)N=C1Nc1c(OCCCO)nn2ccccc12. The summed E-state index contributed by atoms with van der Waals surface area (Å²) >= 11 is 0. The van der Waals surface area contributed by atoms with Crippen LogP contribution in [-0.2, 0) is 0 Å². The highest BCUT2D eigenvalue weighted by molar-refractivity contribution is 6.54. The average Bonchev–Trinajstić information content (AvgIpc) is 1.64. The standard InChI is InChI=1S/C29H37N11O2.C27H33N11O2.C25H27N9O4/c1-37(2)13-9-17-41-28-24(22-11-5-7-15-39(22)35-28)32-26-20(30)19-21(31)27(34-26)33-25-23-12-6-8-16-40(23)36-29(25)42-18-10-14-38(3)4;1-35(2)13-15-39-26-22(20-9-5-7-11-37(20)33-26)30-24-18(28)17-19(29)25(32-24)31-23-21-10-6-8-12-38(21)34-27(23)40-16-14-36(3)4;26-16-15-17(27)23(29-21-19-8-2-4-10-34(19)32-25(21)38-14-6-12-36)30-22(16)28-20-18-7-1-3-9-33(18)31-24(20)37-13-5-11-35/h5-8,11-12,15-16,19,30H,9-10,13-14,17-18,31H2,1-4H3,(H,32,33,34);5-12,17,28H,13-16,29H2,1-4H3,(H,30,31,32);1-4,7-10,15,26,35-36H,5-6,11-14,27H2,(H,28,29,30). The van der Waals surface area contributed by atoms with Gasteiger partial charge in [-0.25, -0.2) is 57.0 Å². The van der Waals surface area contributed by atoms with Crippen molar-refractivity contribution in [2.45, 2.75) is 25.7 Å². The molecule has 0 amide bonds. The van der Waals surface area contributed by atoms with E-state index in [0.29, 0.717) is 120 Å². The fraction of sp³-hybridized carbons (Fsp3) is 0.296. The van der Waals surface area contributed by atoms with Gasteiger partial charge in [-0.1, -0.05) is 36.4 Å². The van der Waals surface area contributed by atoms with Gasteiger partial charge in [0.1, 0.15) is 30.3 Å². The Balaban J connectivity index is 0.000000156. The molecule has 0 aromatic carbocycles. The van der Waals surface area contributed by atoms with Crippen LogP contribution in [0.3, 0.4) is 0 Å². The van der Waals surface area contributed by atoms with Crippen molar-refractivity contribution in [3.05, 3.63) is 182 Å². The largest absolute Gasteiger partial charge is 0.475 e. The summed E-state index contributed by atoms with van der Waals surface area (Å²) in [7, 11) is 16.0. The molecular formula is C81H97N31O8. The number of ether oxygens (including phenoxy) is 6. The van der Waals surface area contributed by atoms with E-state index in [1.54, 1.807) is 39.5 Å². The number of nitrogens with zero attached hydrogens (tertiary/aromatic N) is 22. The second kappa shape index (κ2) is 39.1. The van der Waals surface area contributed by atoms with Crippen molar-refractivity contribution in [2.24, 2.45) is 47.2 Å². The van der Waals surface area contributed by atoms with Crippen LogP contribution in [-0.4, -0.2) is 275 Å². The number of fused-ring (bicyclic) bond motifs is 6. The zero-order valence-corrected chi connectivity index (χ0v) is 67.8. The number of pyridine rings is 6. The summed E-state index contributed by atoms with van der Waals surface area (Å²) in [5, 5.41) is 80.8. The molecular weight excluding hydrogens is 1540 g/mol. The Morgan fingerprint density at radius 2 is 0.575 bits per heavy atom. The number of nitrogens with two attached hydrogens (primary N) is 3. The highest BCUT2D eigenvalue weighted by atomic mass is 16.5. The Morgan fingerprint density at radius 1 is 0.333 bits per heavy atom. The fourth-order valence-corrected chi connectivity index (χ4v) is 12.1. The number of aromatic nitrogens is 12. The van der Waals surface area contributed by atoms with Crippen LogP contribution in [0.1, 0.15) is 25.7 Å². The van der Waals surface area contributed by atoms with Crippen molar-refractivity contribution in [1.82, 2.24) is 77.3 Å². The summed E-state index contributed by atoms with van der Waals surface area (Å²) in [5.41, 5.74) is 27.5. The maximum absolute atomic E-state index is 9.13. The summed E-state index contributed by atoms with van der Waals surface area (Å²) in [5.74, 6) is 3.56. The van der Waals surface area contributed by atoms with E-state index >= 15 is 0 Å². The predicted molar refractivity (Wildman–Crippen MR) is 465 cm³/mol. The normalized spacial score (nSPS) is 14.8. The summed E-state index contributed by atoms with van der Waals surface area (Å²) in [6.45, 7) is 5.59. The topological polar surface area (TPSA) is 472 Å². The molecule has 0 saturated heterocycles. The van der Waals surface area contributed by atoms with Crippen molar-refractivity contribution in [2.75, 3.05) is 151 Å². The van der Waals surface area contributed by atoms with Gasteiger partial charge in [0.15, 0.2) is 52.1 Å². The summed E-state index contributed by atoms with van der Waals surface area (Å²) in [6.07, 6.45) is 18.0. The number of aliphatic imine (C=N–C) groups is 6. The van der Waals surface area contributed by atoms with E-state index in [-0.39, 0.29) is 102 Å². The van der Waals surface area contributed by atoms with Gasteiger partial charge in [-0.05, 0) is 160 Å². The van der Waals surface area contributed by atoms with Crippen LogP contribution in [0.15, 0.2) is 212 Å². The third-order valence-electron chi connectivity index (χ3n) is 18.1. The number of nitrogens with one attached hydrogen (secondary N) is 6. The molecule has 624 valence electrons. The van der Waals surface area contributed by atoms with E-state index in [1.165, 1.54) is 18.2 Å². The van der Waals surface area contributed by atoms with Gasteiger partial charge in [0.2, 0.25) is 0 Å². The van der Waals surface area contributed by atoms with Gasteiger partial charge in [-0.3, -0.25) is 16.2 Å². The van der Waals surface area contributed by atoms with Crippen LogP contribution in [0.25, 0.3) is 33.1 Å². The van der Waals surface area contributed by atoms with Crippen LogP contribution in [0, 0.1) is 16.2 Å². The van der Waals surface area contributed by atoms with Crippen LogP contribution >= 0.6 is 0 Å². The van der Waals surface area contributed by atoms with Crippen molar-refractivity contribution in [3.63, 3.8) is 0 Å². The Kier molecular flexibility index (Phi) is 27.3. The third kappa shape index (κ3) is 20.4. The van der Waals surface area contributed by atoms with E-state index < -0.39 is 0 Å². The second-order valence-electron chi connectivity index (χ2n) is 28.5. The van der Waals surface area contributed by atoms with Gasteiger partial charge in [-0.2, -0.15) is 0 Å². The highest BCUT2D eigenvalue weighted by Gasteiger charge is 2.28. The van der Waals surface area contributed by atoms with Crippen molar-refractivity contribution >= 4 is 119 Å². The van der Waals surface area contributed by atoms with Gasteiger partial charge in [0, 0.05) is 89.4 Å². The number of anilines is 3. The number of dihydropyridines is 3.